The van der Waals surface area contributed by atoms with Crippen LogP contribution in [0.1, 0.15) is 35.3 Å². The molecule has 1 saturated heterocycles. The van der Waals surface area contributed by atoms with Gasteiger partial charge in [-0.15, -0.1) is 0 Å². The van der Waals surface area contributed by atoms with E-state index >= 15 is 0 Å². The van der Waals surface area contributed by atoms with Crippen LogP contribution in [0.2, 0.25) is 0 Å². The largest absolute Gasteiger partial charge is 0.350 e. The van der Waals surface area contributed by atoms with E-state index in [0.717, 1.165) is 37.3 Å². The van der Waals surface area contributed by atoms with E-state index in [0.29, 0.717) is 18.5 Å². The Morgan fingerprint density at radius 2 is 1.78 bits per heavy atom. The van der Waals surface area contributed by atoms with Gasteiger partial charge in [-0.1, -0.05) is 19.9 Å². The van der Waals surface area contributed by atoms with Crippen molar-refractivity contribution >= 4 is 5.91 Å². The van der Waals surface area contributed by atoms with Crippen LogP contribution >= 0.6 is 0 Å². The fourth-order valence-electron chi connectivity index (χ4n) is 3.12. The van der Waals surface area contributed by atoms with Crippen LogP contribution < -0.4 is 5.32 Å². The summed E-state index contributed by atoms with van der Waals surface area (Å²) < 4.78 is 0. The van der Waals surface area contributed by atoms with Crippen LogP contribution in [0.5, 0.6) is 0 Å². The maximum absolute atomic E-state index is 12.4. The second-order valence-electron chi connectivity index (χ2n) is 7.16. The topological polar surface area (TPSA) is 35.6 Å². The van der Waals surface area contributed by atoms with Crippen LogP contribution in [-0.4, -0.2) is 61.5 Å². The van der Waals surface area contributed by atoms with Gasteiger partial charge in [-0.05, 0) is 50.1 Å². The van der Waals surface area contributed by atoms with Crippen molar-refractivity contribution in [2.45, 2.75) is 33.7 Å². The van der Waals surface area contributed by atoms with Crippen molar-refractivity contribution in [1.82, 2.24) is 15.1 Å². The predicted molar refractivity (Wildman–Crippen MR) is 95.9 cm³/mol. The summed E-state index contributed by atoms with van der Waals surface area (Å²) in [7, 11) is 2.17. The molecule has 4 heteroatoms. The molecule has 1 aromatic carbocycles. The molecule has 2 rings (SSSR count). The van der Waals surface area contributed by atoms with E-state index in [1.54, 1.807) is 0 Å². The Labute approximate surface area is 140 Å². The average molecular weight is 317 g/mol. The minimum absolute atomic E-state index is 0.0351. The Kier molecular flexibility index (Phi) is 6.19. The van der Waals surface area contributed by atoms with Crippen molar-refractivity contribution in [3.05, 3.63) is 34.9 Å². The van der Waals surface area contributed by atoms with Gasteiger partial charge < -0.3 is 10.2 Å². The Balaban J connectivity index is 1.95. The summed E-state index contributed by atoms with van der Waals surface area (Å²) in [5, 5.41) is 3.14. The van der Waals surface area contributed by atoms with Gasteiger partial charge in [0.1, 0.15) is 0 Å². The third-order valence-corrected chi connectivity index (χ3v) is 5.02. The Morgan fingerprint density at radius 3 is 2.35 bits per heavy atom. The number of nitrogens with one attached hydrogen (secondary N) is 1. The van der Waals surface area contributed by atoms with E-state index < -0.39 is 0 Å². The average Bonchev–Trinajstić information content (AvgIpc) is 2.51. The second-order valence-corrected chi connectivity index (χ2v) is 7.16. The first-order valence-corrected chi connectivity index (χ1v) is 8.66. The molecule has 4 nitrogen and oxygen atoms in total. The van der Waals surface area contributed by atoms with E-state index in [-0.39, 0.29) is 5.91 Å². The van der Waals surface area contributed by atoms with Gasteiger partial charge in [-0.25, -0.2) is 0 Å². The number of hydrogen-bond donors (Lipinski definition) is 1. The number of carbonyl (C=O) groups excluding carboxylic acids is 1. The third-order valence-electron chi connectivity index (χ3n) is 5.02. The number of aryl methyl sites for hydroxylation is 2. The summed E-state index contributed by atoms with van der Waals surface area (Å²) in [5.74, 6) is 0.561. The maximum Gasteiger partial charge on any atom is 0.251 e. The maximum atomic E-state index is 12.4. The molecule has 128 valence electrons. The molecule has 1 N–H and O–H groups in total. The molecule has 1 fully saturated rings. The van der Waals surface area contributed by atoms with Crippen LogP contribution in [0.25, 0.3) is 0 Å². The van der Waals surface area contributed by atoms with Crippen molar-refractivity contribution < 1.29 is 4.79 Å². The fraction of sp³-hybridized carbons (Fsp3) is 0.632. The molecule has 0 aliphatic carbocycles. The molecule has 23 heavy (non-hydrogen) atoms. The van der Waals surface area contributed by atoms with Crippen molar-refractivity contribution in [2.24, 2.45) is 5.92 Å². The molecule has 1 amide bonds. The van der Waals surface area contributed by atoms with Crippen LogP contribution in [0.15, 0.2) is 18.2 Å². The first-order valence-electron chi connectivity index (χ1n) is 8.66. The van der Waals surface area contributed by atoms with Crippen molar-refractivity contribution in [2.75, 3.05) is 39.8 Å². The molecule has 0 aromatic heterocycles. The molecule has 1 aromatic rings. The van der Waals surface area contributed by atoms with E-state index in [2.05, 4.69) is 42.9 Å². The summed E-state index contributed by atoms with van der Waals surface area (Å²) in [5.41, 5.74) is 3.14. The van der Waals surface area contributed by atoms with Crippen LogP contribution in [0.3, 0.4) is 0 Å². The molecule has 0 bridgehead atoms. The molecule has 1 aliphatic rings. The SMILES string of the molecule is Cc1ccc(C(=O)NCC(C(C)C)N2CCN(C)CC2)cc1C. The number of hydrogen-bond acceptors (Lipinski definition) is 3. The Hall–Kier alpha value is -1.39. The standard InChI is InChI=1S/C19H31N3O/c1-14(2)18(22-10-8-21(5)9-11-22)13-20-19(23)17-7-6-15(3)16(4)12-17/h6-7,12,14,18H,8-11,13H2,1-5H3,(H,20,23). The monoisotopic (exact) mass is 317 g/mol. The second kappa shape index (κ2) is 7.93. The first kappa shape index (κ1) is 18.0. The molecular weight excluding hydrogens is 286 g/mol. The molecular formula is C19H31N3O. The van der Waals surface area contributed by atoms with Gasteiger partial charge in [0.25, 0.3) is 5.91 Å². The van der Waals surface area contributed by atoms with Crippen LogP contribution in [0, 0.1) is 19.8 Å². The van der Waals surface area contributed by atoms with Gasteiger partial charge in [0, 0.05) is 44.3 Å². The first-order chi connectivity index (χ1) is 10.9. The summed E-state index contributed by atoms with van der Waals surface area (Å²) in [6.45, 7) is 13.7. The number of amides is 1. The Bertz CT molecular complexity index is 533. The summed E-state index contributed by atoms with van der Waals surface area (Å²) in [6, 6.07) is 6.31. The smallest absolute Gasteiger partial charge is 0.251 e. The van der Waals surface area contributed by atoms with Crippen LogP contribution in [0.4, 0.5) is 0 Å². The van der Waals surface area contributed by atoms with Crippen molar-refractivity contribution in [3.8, 4) is 0 Å². The lowest BCUT2D eigenvalue weighted by Gasteiger charge is -2.39. The van der Waals surface area contributed by atoms with Crippen molar-refractivity contribution in [3.63, 3.8) is 0 Å². The van der Waals surface area contributed by atoms with Gasteiger partial charge in [0.2, 0.25) is 0 Å². The molecule has 1 unspecified atom stereocenters. The number of benzene rings is 1. The normalized spacial score (nSPS) is 18.2. The lowest BCUT2D eigenvalue weighted by molar-refractivity contribution is 0.0791. The minimum Gasteiger partial charge on any atom is -0.350 e. The minimum atomic E-state index is 0.0351. The lowest BCUT2D eigenvalue weighted by atomic mass is 10.0. The summed E-state index contributed by atoms with van der Waals surface area (Å²) in [4.78, 5) is 17.3. The van der Waals surface area contributed by atoms with Gasteiger partial charge >= 0.3 is 0 Å². The quantitative estimate of drug-likeness (QED) is 0.905. The highest BCUT2D eigenvalue weighted by Crippen LogP contribution is 2.14. The molecule has 0 spiro atoms. The number of carbonyl (C=O) groups is 1. The number of piperazine rings is 1. The van der Waals surface area contributed by atoms with E-state index in [1.807, 2.05) is 25.1 Å². The fourth-order valence-corrected chi connectivity index (χ4v) is 3.12. The molecule has 0 saturated carbocycles. The van der Waals surface area contributed by atoms with Gasteiger partial charge in [0.15, 0.2) is 0 Å². The molecule has 1 atom stereocenters. The predicted octanol–water partition coefficient (Wildman–Crippen LogP) is 2.31. The Morgan fingerprint density at radius 1 is 1.13 bits per heavy atom. The van der Waals surface area contributed by atoms with Gasteiger partial charge in [-0.2, -0.15) is 0 Å². The highest BCUT2D eigenvalue weighted by molar-refractivity contribution is 5.94. The number of likely N-dealkylation sites (N-methyl/N-ethyl adjacent to an activating group) is 1. The number of nitrogens with zero attached hydrogens (tertiary/aromatic N) is 2. The zero-order valence-electron chi connectivity index (χ0n) is 15.2. The van der Waals surface area contributed by atoms with Crippen molar-refractivity contribution in [1.29, 1.82) is 0 Å². The summed E-state index contributed by atoms with van der Waals surface area (Å²) >= 11 is 0. The van der Waals surface area contributed by atoms with Gasteiger partial charge in [0.05, 0.1) is 0 Å². The molecule has 0 radical (unpaired) electrons. The highest BCUT2D eigenvalue weighted by atomic mass is 16.1. The highest BCUT2D eigenvalue weighted by Gasteiger charge is 2.25. The third kappa shape index (κ3) is 4.79. The van der Waals surface area contributed by atoms with E-state index in [1.165, 1.54) is 5.56 Å². The zero-order valence-corrected chi connectivity index (χ0v) is 15.2. The number of rotatable bonds is 5. The zero-order chi connectivity index (χ0) is 17.0. The lowest BCUT2D eigenvalue weighted by Crippen LogP contribution is -2.54. The van der Waals surface area contributed by atoms with E-state index in [9.17, 15) is 4.79 Å². The molecule has 1 heterocycles. The molecule has 1 aliphatic heterocycles. The van der Waals surface area contributed by atoms with Crippen LogP contribution in [-0.2, 0) is 0 Å². The van der Waals surface area contributed by atoms with E-state index in [4.69, 9.17) is 0 Å². The summed E-state index contributed by atoms with van der Waals surface area (Å²) in [6.07, 6.45) is 0. The van der Waals surface area contributed by atoms with Gasteiger partial charge in [-0.3, -0.25) is 9.69 Å².